The Morgan fingerprint density at radius 1 is 1.30 bits per heavy atom. The molecule has 0 aliphatic rings. The van der Waals surface area contributed by atoms with Crippen molar-refractivity contribution >= 4 is 45.9 Å². The minimum Gasteiger partial charge on any atom is -0.493 e. The summed E-state index contributed by atoms with van der Waals surface area (Å²) in [6.07, 6.45) is 2.05. The highest BCUT2D eigenvalue weighted by molar-refractivity contribution is 14.0. The molecule has 27 heavy (non-hydrogen) atoms. The number of benzene rings is 1. The highest BCUT2D eigenvalue weighted by Crippen LogP contribution is 2.31. The van der Waals surface area contributed by atoms with E-state index < -0.39 is 0 Å². The lowest BCUT2D eigenvalue weighted by Gasteiger charge is -2.22. The minimum atomic E-state index is 0. The van der Waals surface area contributed by atoms with Gasteiger partial charge in [-0.1, -0.05) is 12.1 Å². The summed E-state index contributed by atoms with van der Waals surface area (Å²) in [5.74, 6) is 2.28. The quantitative estimate of drug-likeness (QED) is 0.321. The Morgan fingerprint density at radius 3 is 2.59 bits per heavy atom. The SMILES string of the molecule is CCNC(=NCc1cccc(OC)c1OC)N(C)Cc1cc(Br)cn1C.I. The third kappa shape index (κ3) is 6.31. The molecule has 1 N–H and O–H groups in total. The summed E-state index contributed by atoms with van der Waals surface area (Å²) in [5.41, 5.74) is 2.18. The molecule has 0 spiro atoms. The van der Waals surface area contributed by atoms with Crippen molar-refractivity contribution in [1.29, 1.82) is 0 Å². The molecule has 0 unspecified atom stereocenters. The number of ether oxygens (including phenoxy) is 2. The number of aryl methyl sites for hydroxylation is 1. The number of nitrogens with one attached hydrogen (secondary N) is 1. The predicted molar refractivity (Wildman–Crippen MR) is 124 cm³/mol. The molecule has 0 bridgehead atoms. The first-order chi connectivity index (χ1) is 12.5. The Balaban J connectivity index is 0.00000364. The van der Waals surface area contributed by atoms with Crippen LogP contribution in [-0.2, 0) is 20.1 Å². The van der Waals surface area contributed by atoms with E-state index in [0.717, 1.165) is 34.8 Å². The number of aliphatic imine (C=N–C) groups is 1. The first-order valence-corrected chi connectivity index (χ1v) is 9.29. The molecule has 0 aliphatic carbocycles. The first kappa shape index (κ1) is 23.6. The Kier molecular flexibility index (Phi) is 10.00. The van der Waals surface area contributed by atoms with Crippen molar-refractivity contribution in [3.8, 4) is 11.5 Å². The molecule has 8 heteroatoms. The van der Waals surface area contributed by atoms with Crippen LogP contribution in [0.4, 0.5) is 0 Å². The topological polar surface area (TPSA) is 51.0 Å². The molecule has 0 atom stereocenters. The summed E-state index contributed by atoms with van der Waals surface area (Å²) in [5, 5.41) is 3.35. The fourth-order valence-corrected chi connectivity index (χ4v) is 3.32. The number of nitrogens with zero attached hydrogens (tertiary/aromatic N) is 3. The largest absolute Gasteiger partial charge is 0.493 e. The van der Waals surface area contributed by atoms with Gasteiger partial charge in [0.25, 0.3) is 0 Å². The van der Waals surface area contributed by atoms with Gasteiger partial charge < -0.3 is 24.3 Å². The van der Waals surface area contributed by atoms with Crippen LogP contribution in [0.3, 0.4) is 0 Å². The molecule has 0 fully saturated rings. The van der Waals surface area contributed by atoms with Gasteiger partial charge in [0.2, 0.25) is 0 Å². The fraction of sp³-hybridized carbons (Fsp3) is 0.421. The monoisotopic (exact) mass is 550 g/mol. The molecule has 1 aromatic carbocycles. The summed E-state index contributed by atoms with van der Waals surface area (Å²) >= 11 is 3.52. The smallest absolute Gasteiger partial charge is 0.194 e. The van der Waals surface area contributed by atoms with E-state index in [2.05, 4.69) is 43.7 Å². The van der Waals surface area contributed by atoms with Crippen LogP contribution in [0, 0.1) is 0 Å². The van der Waals surface area contributed by atoms with Crippen molar-refractivity contribution in [2.24, 2.45) is 12.0 Å². The Bertz CT molecular complexity index is 764. The van der Waals surface area contributed by atoms with E-state index in [4.69, 9.17) is 14.5 Å². The number of para-hydroxylation sites is 1. The third-order valence-electron chi connectivity index (χ3n) is 4.05. The number of halogens is 2. The second-order valence-corrected chi connectivity index (χ2v) is 6.86. The van der Waals surface area contributed by atoms with E-state index in [9.17, 15) is 0 Å². The van der Waals surface area contributed by atoms with Gasteiger partial charge in [0.15, 0.2) is 17.5 Å². The second-order valence-electron chi connectivity index (χ2n) is 5.94. The number of guanidine groups is 1. The van der Waals surface area contributed by atoms with Crippen LogP contribution in [0.15, 0.2) is 39.9 Å². The van der Waals surface area contributed by atoms with Crippen molar-refractivity contribution in [2.75, 3.05) is 27.8 Å². The van der Waals surface area contributed by atoms with E-state index in [1.54, 1.807) is 14.2 Å². The summed E-state index contributed by atoms with van der Waals surface area (Å²) in [6, 6.07) is 7.95. The van der Waals surface area contributed by atoms with E-state index in [0.29, 0.717) is 12.3 Å². The molecular formula is C19H28BrIN4O2. The number of hydrogen-bond acceptors (Lipinski definition) is 3. The van der Waals surface area contributed by atoms with E-state index in [1.807, 2.05) is 38.5 Å². The minimum absolute atomic E-state index is 0. The molecule has 1 aromatic heterocycles. The zero-order chi connectivity index (χ0) is 19.1. The molecule has 1 heterocycles. The number of hydrogen-bond donors (Lipinski definition) is 1. The zero-order valence-electron chi connectivity index (χ0n) is 16.5. The first-order valence-electron chi connectivity index (χ1n) is 8.50. The van der Waals surface area contributed by atoms with Gasteiger partial charge in [-0.25, -0.2) is 4.99 Å². The normalized spacial score (nSPS) is 11.0. The zero-order valence-corrected chi connectivity index (χ0v) is 20.4. The van der Waals surface area contributed by atoms with E-state index in [1.165, 1.54) is 5.69 Å². The molecule has 0 amide bonds. The van der Waals surface area contributed by atoms with Gasteiger partial charge in [0.05, 0.1) is 27.3 Å². The van der Waals surface area contributed by atoms with Crippen molar-refractivity contribution in [1.82, 2.24) is 14.8 Å². The van der Waals surface area contributed by atoms with Crippen molar-refractivity contribution in [2.45, 2.75) is 20.0 Å². The van der Waals surface area contributed by atoms with Gasteiger partial charge >= 0.3 is 0 Å². The van der Waals surface area contributed by atoms with Gasteiger partial charge in [0, 0.05) is 42.6 Å². The lowest BCUT2D eigenvalue weighted by atomic mass is 10.2. The second kappa shape index (κ2) is 11.4. The summed E-state index contributed by atoms with van der Waals surface area (Å²) in [6.45, 7) is 4.12. The lowest BCUT2D eigenvalue weighted by molar-refractivity contribution is 0.351. The molecule has 0 aliphatic heterocycles. The van der Waals surface area contributed by atoms with Crippen molar-refractivity contribution in [3.05, 3.63) is 46.2 Å². The van der Waals surface area contributed by atoms with E-state index >= 15 is 0 Å². The van der Waals surface area contributed by atoms with Crippen LogP contribution in [0.5, 0.6) is 11.5 Å². The molecule has 0 radical (unpaired) electrons. The molecule has 2 aromatic rings. The Labute approximate surface area is 187 Å². The fourth-order valence-electron chi connectivity index (χ4n) is 2.75. The van der Waals surface area contributed by atoms with Gasteiger partial charge in [-0.15, -0.1) is 24.0 Å². The number of aromatic nitrogens is 1. The van der Waals surface area contributed by atoms with Gasteiger partial charge in [-0.2, -0.15) is 0 Å². The average molecular weight is 551 g/mol. The lowest BCUT2D eigenvalue weighted by Crippen LogP contribution is -2.38. The van der Waals surface area contributed by atoms with Crippen molar-refractivity contribution in [3.63, 3.8) is 0 Å². The van der Waals surface area contributed by atoms with Crippen LogP contribution in [0.2, 0.25) is 0 Å². The maximum absolute atomic E-state index is 5.50. The van der Waals surface area contributed by atoms with Crippen molar-refractivity contribution < 1.29 is 9.47 Å². The molecule has 2 rings (SSSR count). The Hall–Kier alpha value is -1.42. The summed E-state index contributed by atoms with van der Waals surface area (Å²) in [4.78, 5) is 6.88. The highest BCUT2D eigenvalue weighted by Gasteiger charge is 2.12. The van der Waals surface area contributed by atoms with Crippen LogP contribution >= 0.6 is 39.9 Å². The van der Waals surface area contributed by atoms with Gasteiger partial charge in [0.1, 0.15) is 0 Å². The Morgan fingerprint density at radius 2 is 2.04 bits per heavy atom. The molecule has 0 saturated heterocycles. The van der Waals surface area contributed by atoms with Crippen LogP contribution in [-0.4, -0.2) is 43.2 Å². The van der Waals surface area contributed by atoms with Gasteiger partial charge in [-0.05, 0) is 35.0 Å². The number of methoxy groups -OCH3 is 2. The number of rotatable bonds is 7. The maximum Gasteiger partial charge on any atom is 0.194 e. The maximum atomic E-state index is 5.50. The molecule has 0 saturated carbocycles. The molecular weight excluding hydrogens is 523 g/mol. The van der Waals surface area contributed by atoms with Gasteiger partial charge in [-0.3, -0.25) is 0 Å². The average Bonchev–Trinajstić information content (AvgIpc) is 2.94. The molecule has 6 nitrogen and oxygen atoms in total. The predicted octanol–water partition coefficient (Wildman–Crippen LogP) is 4.02. The highest BCUT2D eigenvalue weighted by atomic mass is 127. The van der Waals surface area contributed by atoms with Crippen LogP contribution < -0.4 is 14.8 Å². The standard InChI is InChI=1S/C19H27BrN4O2.HI/c1-6-21-19(24(3)13-16-10-15(20)12-23(16)2)22-11-14-8-7-9-17(25-4)18(14)26-5;/h7-10,12H,6,11,13H2,1-5H3,(H,21,22);1H. The van der Waals surface area contributed by atoms with E-state index in [-0.39, 0.29) is 24.0 Å². The summed E-state index contributed by atoms with van der Waals surface area (Å²) < 4.78 is 14.0. The van der Waals surface area contributed by atoms with Crippen LogP contribution in [0.1, 0.15) is 18.2 Å². The summed E-state index contributed by atoms with van der Waals surface area (Å²) in [7, 11) is 7.36. The third-order valence-corrected chi connectivity index (χ3v) is 4.49. The molecule has 150 valence electrons. The van der Waals surface area contributed by atoms with Crippen LogP contribution in [0.25, 0.3) is 0 Å².